The van der Waals surface area contributed by atoms with Gasteiger partial charge in [0, 0.05) is 5.69 Å². The summed E-state index contributed by atoms with van der Waals surface area (Å²) in [5.41, 5.74) is 2.73. The zero-order valence-corrected chi connectivity index (χ0v) is 15.2. The molecule has 1 atom stereocenters. The summed E-state index contributed by atoms with van der Waals surface area (Å²) in [5.74, 6) is -0.977. The highest BCUT2D eigenvalue weighted by Gasteiger charge is 2.24. The number of nitrogens with one attached hydrogen (secondary N) is 2. The molecule has 2 rings (SSSR count). The van der Waals surface area contributed by atoms with Crippen LogP contribution in [0.25, 0.3) is 0 Å². The van der Waals surface area contributed by atoms with Crippen molar-refractivity contribution in [3.63, 3.8) is 0 Å². The Bertz CT molecular complexity index is 864. The van der Waals surface area contributed by atoms with Gasteiger partial charge in [-0.05, 0) is 67.8 Å². The third kappa shape index (κ3) is 4.87. The monoisotopic (exact) mass is 364 g/mol. The maximum absolute atomic E-state index is 13.0. The van der Waals surface area contributed by atoms with Gasteiger partial charge in [-0.2, -0.15) is 4.72 Å². The van der Waals surface area contributed by atoms with Crippen molar-refractivity contribution in [2.45, 2.75) is 38.1 Å². The maximum Gasteiger partial charge on any atom is 0.242 e. The Morgan fingerprint density at radius 2 is 1.72 bits per heavy atom. The first-order valence-corrected chi connectivity index (χ1v) is 9.37. The lowest BCUT2D eigenvalue weighted by Gasteiger charge is -2.17. The molecule has 2 aromatic rings. The quantitative estimate of drug-likeness (QED) is 0.827. The van der Waals surface area contributed by atoms with E-state index < -0.39 is 27.8 Å². The van der Waals surface area contributed by atoms with Crippen LogP contribution >= 0.6 is 0 Å². The smallest absolute Gasteiger partial charge is 0.242 e. The lowest BCUT2D eigenvalue weighted by atomic mass is 10.1. The van der Waals surface area contributed by atoms with Crippen LogP contribution in [0.15, 0.2) is 47.4 Å². The average Bonchev–Trinajstić information content (AvgIpc) is 2.56. The summed E-state index contributed by atoms with van der Waals surface area (Å²) in [6.07, 6.45) is 0.275. The lowest BCUT2D eigenvalue weighted by Crippen LogP contribution is -2.43. The highest BCUT2D eigenvalue weighted by Crippen LogP contribution is 2.16. The molecular formula is C18H21FN2O3S. The van der Waals surface area contributed by atoms with E-state index in [1.807, 2.05) is 26.0 Å². The SMILES string of the molecule is CCC(NS(=O)(=O)c1ccc(F)cc1)C(=O)Nc1ccc(C)c(C)c1. The summed E-state index contributed by atoms with van der Waals surface area (Å²) in [4.78, 5) is 12.3. The highest BCUT2D eigenvalue weighted by atomic mass is 32.2. The molecule has 0 aliphatic carbocycles. The Morgan fingerprint density at radius 1 is 1.08 bits per heavy atom. The third-order valence-corrected chi connectivity index (χ3v) is 5.41. The highest BCUT2D eigenvalue weighted by molar-refractivity contribution is 7.89. The Balaban J connectivity index is 2.13. The van der Waals surface area contributed by atoms with Crippen LogP contribution in [0.5, 0.6) is 0 Å². The number of carbonyl (C=O) groups is 1. The van der Waals surface area contributed by atoms with Crippen LogP contribution < -0.4 is 10.0 Å². The van der Waals surface area contributed by atoms with Gasteiger partial charge < -0.3 is 5.32 Å². The molecular weight excluding hydrogens is 343 g/mol. The van der Waals surface area contributed by atoms with E-state index in [-0.39, 0.29) is 11.3 Å². The molecule has 0 aliphatic rings. The van der Waals surface area contributed by atoms with E-state index in [0.717, 1.165) is 35.4 Å². The van der Waals surface area contributed by atoms with Gasteiger partial charge in [0.15, 0.2) is 0 Å². The molecule has 0 aromatic heterocycles. The molecule has 25 heavy (non-hydrogen) atoms. The van der Waals surface area contributed by atoms with Crippen molar-refractivity contribution in [2.75, 3.05) is 5.32 Å². The number of benzene rings is 2. The van der Waals surface area contributed by atoms with E-state index in [2.05, 4.69) is 10.0 Å². The molecule has 2 N–H and O–H groups in total. The van der Waals surface area contributed by atoms with Crippen LogP contribution in [0.3, 0.4) is 0 Å². The van der Waals surface area contributed by atoms with Crippen molar-refractivity contribution in [2.24, 2.45) is 0 Å². The Hall–Kier alpha value is -2.25. The van der Waals surface area contributed by atoms with Gasteiger partial charge in [-0.15, -0.1) is 0 Å². The number of rotatable bonds is 6. The molecule has 0 heterocycles. The zero-order chi connectivity index (χ0) is 18.6. The van der Waals surface area contributed by atoms with Crippen molar-refractivity contribution in [1.82, 2.24) is 4.72 Å². The molecule has 1 amide bonds. The number of anilines is 1. The van der Waals surface area contributed by atoms with E-state index in [0.29, 0.717) is 5.69 Å². The first-order chi connectivity index (χ1) is 11.7. The van der Waals surface area contributed by atoms with Crippen molar-refractivity contribution < 1.29 is 17.6 Å². The van der Waals surface area contributed by atoms with Gasteiger partial charge in [0.2, 0.25) is 15.9 Å². The van der Waals surface area contributed by atoms with Crippen LogP contribution in [-0.2, 0) is 14.8 Å². The molecule has 0 saturated carbocycles. The number of halogens is 1. The molecule has 1 unspecified atom stereocenters. The van der Waals surface area contributed by atoms with E-state index >= 15 is 0 Å². The molecule has 0 radical (unpaired) electrons. The van der Waals surface area contributed by atoms with Gasteiger partial charge in [-0.25, -0.2) is 12.8 Å². The summed E-state index contributed by atoms with van der Waals surface area (Å²) in [6.45, 7) is 5.60. The van der Waals surface area contributed by atoms with Crippen molar-refractivity contribution in [1.29, 1.82) is 0 Å². The second kappa shape index (κ2) is 7.76. The van der Waals surface area contributed by atoms with Gasteiger partial charge in [0.05, 0.1) is 4.90 Å². The van der Waals surface area contributed by atoms with Gasteiger partial charge in [0.1, 0.15) is 11.9 Å². The largest absolute Gasteiger partial charge is 0.325 e. The van der Waals surface area contributed by atoms with Crippen molar-refractivity contribution >= 4 is 21.6 Å². The summed E-state index contributed by atoms with van der Waals surface area (Å²) >= 11 is 0. The van der Waals surface area contributed by atoms with Crippen molar-refractivity contribution in [3.05, 3.63) is 59.4 Å². The summed E-state index contributed by atoms with van der Waals surface area (Å²) in [6, 6.07) is 8.98. The third-order valence-electron chi connectivity index (χ3n) is 3.92. The van der Waals surface area contributed by atoms with Crippen LogP contribution in [0.2, 0.25) is 0 Å². The Morgan fingerprint density at radius 3 is 2.28 bits per heavy atom. The standard InChI is InChI=1S/C18H21FN2O3S/c1-4-17(18(22)20-15-8-5-12(2)13(3)11-15)21-25(23,24)16-9-6-14(19)7-10-16/h5-11,17,21H,4H2,1-3H3,(H,20,22). The first-order valence-electron chi connectivity index (χ1n) is 7.89. The number of aryl methyl sites for hydroxylation is 2. The number of hydrogen-bond donors (Lipinski definition) is 2. The number of amides is 1. The minimum Gasteiger partial charge on any atom is -0.325 e. The second-order valence-electron chi connectivity index (χ2n) is 5.82. The van der Waals surface area contributed by atoms with E-state index in [9.17, 15) is 17.6 Å². The summed E-state index contributed by atoms with van der Waals surface area (Å²) in [7, 11) is -3.92. The summed E-state index contributed by atoms with van der Waals surface area (Å²) < 4.78 is 40.0. The van der Waals surface area contributed by atoms with Crippen LogP contribution in [0, 0.1) is 19.7 Å². The second-order valence-corrected chi connectivity index (χ2v) is 7.54. The number of hydrogen-bond acceptors (Lipinski definition) is 3. The fourth-order valence-electron chi connectivity index (χ4n) is 2.24. The molecule has 5 nitrogen and oxygen atoms in total. The van der Waals surface area contributed by atoms with Gasteiger partial charge >= 0.3 is 0 Å². The maximum atomic E-state index is 13.0. The summed E-state index contributed by atoms with van der Waals surface area (Å²) in [5, 5.41) is 2.72. The van der Waals surface area contributed by atoms with Gasteiger partial charge in [0.25, 0.3) is 0 Å². The molecule has 0 fully saturated rings. The Kier molecular flexibility index (Phi) is 5.92. The van der Waals surface area contributed by atoms with Gasteiger partial charge in [-0.3, -0.25) is 4.79 Å². The molecule has 2 aromatic carbocycles. The predicted octanol–water partition coefficient (Wildman–Crippen LogP) is 3.14. The first kappa shape index (κ1) is 19.1. The van der Waals surface area contributed by atoms with Crippen LogP contribution in [-0.4, -0.2) is 20.4 Å². The van der Waals surface area contributed by atoms with Gasteiger partial charge in [-0.1, -0.05) is 13.0 Å². The van der Waals surface area contributed by atoms with Crippen molar-refractivity contribution in [3.8, 4) is 0 Å². The minimum absolute atomic E-state index is 0.0914. The molecule has 0 spiro atoms. The number of carbonyl (C=O) groups excluding carboxylic acids is 1. The van der Waals surface area contributed by atoms with Crippen LogP contribution in [0.4, 0.5) is 10.1 Å². The zero-order valence-electron chi connectivity index (χ0n) is 14.3. The Labute approximate surface area is 147 Å². The lowest BCUT2D eigenvalue weighted by molar-refractivity contribution is -0.117. The topological polar surface area (TPSA) is 75.3 Å². The normalized spacial score (nSPS) is 12.6. The number of sulfonamides is 1. The predicted molar refractivity (Wildman–Crippen MR) is 95.3 cm³/mol. The molecule has 134 valence electrons. The molecule has 7 heteroatoms. The average molecular weight is 364 g/mol. The van der Waals surface area contributed by atoms with Crippen LogP contribution in [0.1, 0.15) is 24.5 Å². The van der Waals surface area contributed by atoms with E-state index in [4.69, 9.17) is 0 Å². The fraction of sp³-hybridized carbons (Fsp3) is 0.278. The molecule has 0 saturated heterocycles. The fourth-order valence-corrected chi connectivity index (χ4v) is 3.52. The van der Waals surface area contributed by atoms with E-state index in [1.54, 1.807) is 13.0 Å². The van der Waals surface area contributed by atoms with E-state index in [1.165, 1.54) is 0 Å². The molecule has 0 aliphatic heterocycles. The molecule has 0 bridgehead atoms. The minimum atomic E-state index is -3.92.